The summed E-state index contributed by atoms with van der Waals surface area (Å²) in [6.45, 7) is 3.21. The van der Waals surface area contributed by atoms with Crippen LogP contribution in [-0.4, -0.2) is 48.0 Å². The Bertz CT molecular complexity index is 649. The molecular weight excluding hydrogens is 304 g/mol. The van der Waals surface area contributed by atoms with Gasteiger partial charge in [-0.15, -0.1) is 0 Å². The third-order valence-corrected chi connectivity index (χ3v) is 3.17. The molecule has 1 fully saturated rings. The largest absolute Gasteiger partial charge is 0.419 e. The van der Waals surface area contributed by atoms with Crippen LogP contribution in [0.5, 0.6) is 5.75 Å². The number of ether oxygens (including phenoxy) is 2. The summed E-state index contributed by atoms with van der Waals surface area (Å²) in [5.41, 5.74) is 0.135. The quantitative estimate of drug-likeness (QED) is 0.273. The molecule has 1 aliphatic rings. The molecule has 23 heavy (non-hydrogen) atoms. The Morgan fingerprint density at radius 3 is 2.65 bits per heavy atom. The first-order chi connectivity index (χ1) is 11.0. The van der Waals surface area contributed by atoms with Crippen molar-refractivity contribution in [1.82, 2.24) is 4.90 Å². The summed E-state index contributed by atoms with van der Waals surface area (Å²) >= 11 is 0. The van der Waals surface area contributed by atoms with Crippen LogP contribution in [0.1, 0.15) is 12.5 Å². The molecule has 0 radical (unpaired) electrons. The Balaban J connectivity index is 2.14. The van der Waals surface area contributed by atoms with E-state index >= 15 is 0 Å². The monoisotopic (exact) mass is 320 g/mol. The highest BCUT2D eigenvalue weighted by molar-refractivity contribution is 5.92. The van der Waals surface area contributed by atoms with Crippen LogP contribution in [0.3, 0.4) is 0 Å². The first kappa shape index (κ1) is 16.6. The molecule has 8 heteroatoms. The van der Waals surface area contributed by atoms with Crippen LogP contribution >= 0.6 is 0 Å². The summed E-state index contributed by atoms with van der Waals surface area (Å²) in [7, 11) is 0. The number of nitro benzene ring substituents is 1. The number of nitrogens with zero attached hydrogens (tertiary/aromatic N) is 2. The number of benzene rings is 1. The highest BCUT2D eigenvalue weighted by Crippen LogP contribution is 2.28. The first-order valence-corrected chi connectivity index (χ1v) is 6.99. The van der Waals surface area contributed by atoms with Crippen LogP contribution < -0.4 is 4.74 Å². The predicted octanol–water partition coefficient (Wildman–Crippen LogP) is 1.39. The molecule has 1 amide bonds. The number of carbonyl (C=O) groups excluding carboxylic acids is 2. The Labute approximate surface area is 132 Å². The molecule has 0 saturated carbocycles. The van der Waals surface area contributed by atoms with Crippen LogP contribution in [0.15, 0.2) is 24.3 Å². The van der Waals surface area contributed by atoms with Crippen LogP contribution in [0.4, 0.5) is 5.69 Å². The summed E-state index contributed by atoms with van der Waals surface area (Å²) in [5, 5.41) is 11.0. The molecule has 8 nitrogen and oxygen atoms in total. The molecular formula is C15H16N2O6. The minimum atomic E-state index is -0.640. The maximum absolute atomic E-state index is 12.0. The number of carbonyl (C=O) groups is 2. The summed E-state index contributed by atoms with van der Waals surface area (Å²) in [6.07, 6.45) is 2.85. The van der Waals surface area contributed by atoms with Crippen molar-refractivity contribution in [1.29, 1.82) is 0 Å². The standard InChI is InChI=1S/C15H16N2O6/c1-11(18)23-14-4-2-12(10-13(14)17(20)21)3-5-15(19)16-6-8-22-9-7-16/h2-5,10H,6-9H2,1H3/b5-3+. The fourth-order valence-corrected chi connectivity index (χ4v) is 2.08. The highest BCUT2D eigenvalue weighted by atomic mass is 16.6. The zero-order valence-corrected chi connectivity index (χ0v) is 12.6. The second-order valence-corrected chi connectivity index (χ2v) is 4.85. The van der Waals surface area contributed by atoms with Gasteiger partial charge in [-0.1, -0.05) is 6.07 Å². The molecule has 1 aromatic carbocycles. The second kappa shape index (κ2) is 7.50. The van der Waals surface area contributed by atoms with Gasteiger partial charge in [0.05, 0.1) is 18.1 Å². The maximum atomic E-state index is 12.0. The van der Waals surface area contributed by atoms with E-state index in [9.17, 15) is 19.7 Å². The van der Waals surface area contributed by atoms with Gasteiger partial charge in [-0.05, 0) is 17.7 Å². The summed E-state index contributed by atoms with van der Waals surface area (Å²) in [5.74, 6) is -0.946. The second-order valence-electron chi connectivity index (χ2n) is 4.85. The fourth-order valence-electron chi connectivity index (χ4n) is 2.08. The molecule has 0 spiro atoms. The van der Waals surface area contributed by atoms with Crippen molar-refractivity contribution in [3.8, 4) is 5.75 Å². The molecule has 0 N–H and O–H groups in total. The number of morpholine rings is 1. The third-order valence-electron chi connectivity index (χ3n) is 3.17. The molecule has 122 valence electrons. The van der Waals surface area contributed by atoms with Crippen molar-refractivity contribution in [2.45, 2.75) is 6.92 Å². The zero-order chi connectivity index (χ0) is 16.8. The number of hydrogen-bond donors (Lipinski definition) is 0. The van der Waals surface area contributed by atoms with E-state index in [1.165, 1.54) is 37.3 Å². The third kappa shape index (κ3) is 4.62. The number of rotatable bonds is 4. The van der Waals surface area contributed by atoms with Gasteiger partial charge in [0.25, 0.3) is 0 Å². The Morgan fingerprint density at radius 2 is 2.04 bits per heavy atom. The highest BCUT2D eigenvalue weighted by Gasteiger charge is 2.18. The summed E-state index contributed by atoms with van der Waals surface area (Å²) < 4.78 is 9.95. The van der Waals surface area contributed by atoms with E-state index in [0.717, 1.165) is 0 Å². The van der Waals surface area contributed by atoms with Crippen LogP contribution in [0.2, 0.25) is 0 Å². The van der Waals surface area contributed by atoms with Gasteiger partial charge in [0, 0.05) is 32.2 Å². The van der Waals surface area contributed by atoms with Gasteiger partial charge in [0.1, 0.15) is 0 Å². The lowest BCUT2D eigenvalue weighted by Crippen LogP contribution is -2.39. The molecule has 1 heterocycles. The summed E-state index contributed by atoms with van der Waals surface area (Å²) in [4.78, 5) is 35.0. The Kier molecular flexibility index (Phi) is 5.42. The first-order valence-electron chi connectivity index (χ1n) is 6.99. The van der Waals surface area contributed by atoms with Crippen molar-refractivity contribution < 1.29 is 24.0 Å². The lowest BCUT2D eigenvalue weighted by molar-refractivity contribution is -0.385. The molecule has 1 aromatic rings. The molecule has 0 bridgehead atoms. The topological polar surface area (TPSA) is 99.0 Å². The average Bonchev–Trinajstić information content (AvgIpc) is 2.53. The number of hydrogen-bond acceptors (Lipinski definition) is 6. The predicted molar refractivity (Wildman–Crippen MR) is 80.8 cm³/mol. The molecule has 1 saturated heterocycles. The lowest BCUT2D eigenvalue weighted by Gasteiger charge is -2.25. The Morgan fingerprint density at radius 1 is 1.35 bits per heavy atom. The van der Waals surface area contributed by atoms with E-state index in [2.05, 4.69) is 0 Å². The van der Waals surface area contributed by atoms with E-state index in [4.69, 9.17) is 9.47 Å². The minimum absolute atomic E-state index is 0.126. The molecule has 0 unspecified atom stereocenters. The smallest absolute Gasteiger partial charge is 0.312 e. The lowest BCUT2D eigenvalue weighted by atomic mass is 10.1. The maximum Gasteiger partial charge on any atom is 0.312 e. The molecule has 0 aromatic heterocycles. The molecule has 1 aliphatic heterocycles. The average molecular weight is 320 g/mol. The van der Waals surface area contributed by atoms with E-state index in [-0.39, 0.29) is 17.3 Å². The van der Waals surface area contributed by atoms with Crippen molar-refractivity contribution in [2.75, 3.05) is 26.3 Å². The number of esters is 1. The van der Waals surface area contributed by atoms with Crippen molar-refractivity contribution >= 4 is 23.6 Å². The van der Waals surface area contributed by atoms with Crippen molar-refractivity contribution in [2.24, 2.45) is 0 Å². The van der Waals surface area contributed by atoms with Gasteiger partial charge in [-0.2, -0.15) is 0 Å². The van der Waals surface area contributed by atoms with Crippen molar-refractivity contribution in [3.63, 3.8) is 0 Å². The molecule has 2 rings (SSSR count). The van der Waals surface area contributed by atoms with Crippen molar-refractivity contribution in [3.05, 3.63) is 40.0 Å². The van der Waals surface area contributed by atoms with Gasteiger partial charge in [-0.3, -0.25) is 19.7 Å². The van der Waals surface area contributed by atoms with E-state index < -0.39 is 10.9 Å². The molecule has 0 atom stereocenters. The van der Waals surface area contributed by atoms with Crippen LogP contribution in [0, 0.1) is 10.1 Å². The van der Waals surface area contributed by atoms with E-state index in [1.807, 2.05) is 0 Å². The van der Waals surface area contributed by atoms with E-state index in [0.29, 0.717) is 31.9 Å². The normalized spacial score (nSPS) is 14.7. The van der Waals surface area contributed by atoms with Gasteiger partial charge in [0.15, 0.2) is 0 Å². The number of amides is 1. The Hall–Kier alpha value is -2.74. The minimum Gasteiger partial charge on any atom is -0.419 e. The van der Waals surface area contributed by atoms with Crippen LogP contribution in [-0.2, 0) is 14.3 Å². The fraction of sp³-hybridized carbons (Fsp3) is 0.333. The van der Waals surface area contributed by atoms with Gasteiger partial charge in [-0.25, -0.2) is 0 Å². The SMILES string of the molecule is CC(=O)Oc1ccc(/C=C/C(=O)N2CCOCC2)cc1[N+](=O)[O-]. The molecule has 0 aliphatic carbocycles. The van der Waals surface area contributed by atoms with Gasteiger partial charge >= 0.3 is 11.7 Å². The number of nitro groups is 1. The summed E-state index contributed by atoms with van der Waals surface area (Å²) in [6, 6.07) is 4.12. The van der Waals surface area contributed by atoms with Crippen LogP contribution in [0.25, 0.3) is 6.08 Å². The van der Waals surface area contributed by atoms with E-state index in [1.54, 1.807) is 4.90 Å². The van der Waals surface area contributed by atoms with Gasteiger partial charge < -0.3 is 14.4 Å². The zero-order valence-electron chi connectivity index (χ0n) is 12.6. The van der Waals surface area contributed by atoms with Gasteiger partial charge in [0.2, 0.25) is 11.7 Å².